The van der Waals surface area contributed by atoms with Crippen LogP contribution in [0.1, 0.15) is 26.2 Å². The van der Waals surface area contributed by atoms with E-state index >= 15 is 0 Å². The Hall–Kier alpha value is -0.610. The number of amides is 1. The number of rotatable bonds is 4. The van der Waals surface area contributed by atoms with Crippen molar-refractivity contribution in [3.8, 4) is 0 Å². The van der Waals surface area contributed by atoms with Crippen molar-refractivity contribution in [2.45, 2.75) is 32.2 Å². The molecule has 1 saturated heterocycles. The molecule has 1 fully saturated rings. The molecular formula is C11H23N3O. The first-order chi connectivity index (χ1) is 7.09. The first-order valence-electron chi connectivity index (χ1n) is 5.81. The molecule has 1 unspecified atom stereocenters. The predicted octanol–water partition coefficient (Wildman–Crippen LogP) is 0.182. The Bertz CT molecular complexity index is 198. The van der Waals surface area contributed by atoms with Gasteiger partial charge in [0, 0.05) is 6.54 Å². The van der Waals surface area contributed by atoms with Crippen LogP contribution in [0.3, 0.4) is 0 Å². The average molecular weight is 213 g/mol. The molecule has 0 aromatic carbocycles. The number of hydrogen-bond donors (Lipinski definition) is 2. The van der Waals surface area contributed by atoms with Gasteiger partial charge in [-0.1, -0.05) is 0 Å². The van der Waals surface area contributed by atoms with Crippen molar-refractivity contribution in [1.29, 1.82) is 0 Å². The Labute approximate surface area is 92.2 Å². The number of hydrogen-bond acceptors (Lipinski definition) is 3. The minimum Gasteiger partial charge on any atom is -0.355 e. The maximum atomic E-state index is 11.2. The first kappa shape index (κ1) is 12.5. The summed E-state index contributed by atoms with van der Waals surface area (Å²) in [6.45, 7) is 4.86. The number of likely N-dealkylation sites (tertiary alicyclic amines) is 1. The van der Waals surface area contributed by atoms with E-state index in [0.29, 0.717) is 0 Å². The molecule has 0 spiro atoms. The summed E-state index contributed by atoms with van der Waals surface area (Å²) in [4.78, 5) is 13.6. The monoisotopic (exact) mass is 213 g/mol. The molecule has 1 atom stereocenters. The maximum Gasteiger partial charge on any atom is 0.236 e. The molecule has 1 rings (SSSR count). The Balaban J connectivity index is 2.08. The maximum absolute atomic E-state index is 11.2. The zero-order chi connectivity index (χ0) is 11.3. The molecule has 0 saturated carbocycles. The van der Waals surface area contributed by atoms with Crippen molar-refractivity contribution in [3.63, 3.8) is 0 Å². The number of piperidine rings is 1. The van der Waals surface area contributed by atoms with E-state index in [9.17, 15) is 4.79 Å². The fraction of sp³-hybridized carbons (Fsp3) is 0.909. The van der Waals surface area contributed by atoms with Crippen LogP contribution in [-0.2, 0) is 4.79 Å². The largest absolute Gasteiger partial charge is 0.355 e. The van der Waals surface area contributed by atoms with Gasteiger partial charge >= 0.3 is 0 Å². The number of nitrogens with one attached hydrogen (secondary N) is 1. The van der Waals surface area contributed by atoms with Crippen LogP contribution < -0.4 is 11.1 Å². The highest BCUT2D eigenvalue weighted by molar-refractivity contribution is 5.80. The lowest BCUT2D eigenvalue weighted by Gasteiger charge is -2.28. The lowest BCUT2D eigenvalue weighted by molar-refractivity contribution is -0.122. The molecule has 88 valence electrons. The quantitative estimate of drug-likeness (QED) is 0.700. The molecule has 1 amide bonds. The fourth-order valence-corrected chi connectivity index (χ4v) is 1.91. The van der Waals surface area contributed by atoms with Gasteiger partial charge in [-0.05, 0) is 52.2 Å². The highest BCUT2D eigenvalue weighted by Crippen LogP contribution is 2.18. The van der Waals surface area contributed by atoms with Gasteiger partial charge < -0.3 is 16.0 Å². The minimum absolute atomic E-state index is 0.0390. The van der Waals surface area contributed by atoms with Crippen molar-refractivity contribution >= 4 is 5.91 Å². The minimum atomic E-state index is -0.387. The highest BCUT2D eigenvalue weighted by Gasteiger charge is 2.16. The molecule has 0 aromatic heterocycles. The van der Waals surface area contributed by atoms with Gasteiger partial charge in [-0.15, -0.1) is 0 Å². The summed E-state index contributed by atoms with van der Waals surface area (Å²) in [5, 5.41) is 2.86. The average Bonchev–Trinajstić information content (AvgIpc) is 2.20. The van der Waals surface area contributed by atoms with E-state index in [1.165, 1.54) is 25.9 Å². The highest BCUT2D eigenvalue weighted by atomic mass is 16.2. The molecule has 1 heterocycles. The number of nitrogens with two attached hydrogens (primary N) is 1. The number of carbonyl (C=O) groups is 1. The fourth-order valence-electron chi connectivity index (χ4n) is 1.91. The third-order valence-corrected chi connectivity index (χ3v) is 3.10. The van der Waals surface area contributed by atoms with Crippen molar-refractivity contribution in [3.05, 3.63) is 0 Å². The van der Waals surface area contributed by atoms with Gasteiger partial charge in [-0.25, -0.2) is 0 Å². The van der Waals surface area contributed by atoms with E-state index in [1.807, 2.05) is 0 Å². The zero-order valence-corrected chi connectivity index (χ0v) is 9.83. The Morgan fingerprint density at radius 2 is 2.13 bits per heavy atom. The van der Waals surface area contributed by atoms with Crippen molar-refractivity contribution in [2.24, 2.45) is 11.7 Å². The topological polar surface area (TPSA) is 58.4 Å². The van der Waals surface area contributed by atoms with Gasteiger partial charge in [0.1, 0.15) is 0 Å². The van der Waals surface area contributed by atoms with Gasteiger partial charge in [-0.3, -0.25) is 4.79 Å². The number of carbonyl (C=O) groups excluding carboxylic acids is 1. The van der Waals surface area contributed by atoms with Crippen LogP contribution in [0.2, 0.25) is 0 Å². The smallest absolute Gasteiger partial charge is 0.236 e. The Morgan fingerprint density at radius 3 is 2.67 bits per heavy atom. The third kappa shape index (κ3) is 4.62. The van der Waals surface area contributed by atoms with Gasteiger partial charge in [0.05, 0.1) is 6.04 Å². The van der Waals surface area contributed by atoms with Gasteiger partial charge in [0.15, 0.2) is 0 Å². The molecule has 0 aromatic rings. The summed E-state index contributed by atoms with van der Waals surface area (Å²) in [6.07, 6.45) is 3.60. The van der Waals surface area contributed by atoms with Gasteiger partial charge in [-0.2, -0.15) is 0 Å². The second-order valence-electron chi connectivity index (χ2n) is 4.62. The standard InChI is InChI=1S/C11H23N3O/c1-9(12)11(15)13-6-3-10-4-7-14(2)8-5-10/h9-10H,3-8,12H2,1-2H3,(H,13,15). The van der Waals surface area contributed by atoms with Crippen LogP contribution in [0.4, 0.5) is 0 Å². The molecule has 4 nitrogen and oxygen atoms in total. The predicted molar refractivity (Wildman–Crippen MR) is 61.5 cm³/mol. The molecule has 1 aliphatic heterocycles. The van der Waals surface area contributed by atoms with E-state index in [0.717, 1.165) is 18.9 Å². The second kappa shape index (κ2) is 6.08. The molecule has 4 heteroatoms. The first-order valence-corrected chi connectivity index (χ1v) is 5.81. The summed E-state index contributed by atoms with van der Waals surface area (Å²) < 4.78 is 0. The second-order valence-corrected chi connectivity index (χ2v) is 4.62. The van der Waals surface area contributed by atoms with Crippen LogP contribution in [0, 0.1) is 5.92 Å². The normalized spacial score (nSPS) is 21.3. The van der Waals surface area contributed by atoms with Crippen LogP contribution in [-0.4, -0.2) is 43.5 Å². The summed E-state index contributed by atoms with van der Waals surface area (Å²) >= 11 is 0. The molecule has 0 aliphatic carbocycles. The van der Waals surface area contributed by atoms with Crippen molar-refractivity contribution in [1.82, 2.24) is 10.2 Å². The zero-order valence-electron chi connectivity index (χ0n) is 9.83. The summed E-state index contributed by atoms with van der Waals surface area (Å²) in [6, 6.07) is -0.387. The van der Waals surface area contributed by atoms with E-state index in [4.69, 9.17) is 5.73 Å². The van der Waals surface area contributed by atoms with E-state index in [-0.39, 0.29) is 11.9 Å². The van der Waals surface area contributed by atoms with Gasteiger partial charge in [0.25, 0.3) is 0 Å². The van der Waals surface area contributed by atoms with Gasteiger partial charge in [0.2, 0.25) is 5.91 Å². The molecule has 0 radical (unpaired) electrons. The molecule has 0 bridgehead atoms. The summed E-state index contributed by atoms with van der Waals surface area (Å²) in [5.41, 5.74) is 5.45. The van der Waals surface area contributed by atoms with Crippen LogP contribution in [0.15, 0.2) is 0 Å². The third-order valence-electron chi connectivity index (χ3n) is 3.10. The molecular weight excluding hydrogens is 190 g/mol. The van der Waals surface area contributed by atoms with Crippen LogP contribution in [0.25, 0.3) is 0 Å². The SMILES string of the molecule is CC(N)C(=O)NCCC1CCN(C)CC1. The molecule has 3 N–H and O–H groups in total. The summed E-state index contributed by atoms with van der Waals surface area (Å²) in [7, 11) is 2.16. The van der Waals surface area contributed by atoms with Crippen molar-refractivity contribution in [2.75, 3.05) is 26.7 Å². The van der Waals surface area contributed by atoms with E-state index < -0.39 is 0 Å². The Morgan fingerprint density at radius 1 is 1.53 bits per heavy atom. The van der Waals surface area contributed by atoms with Crippen LogP contribution >= 0.6 is 0 Å². The van der Waals surface area contributed by atoms with Crippen LogP contribution in [0.5, 0.6) is 0 Å². The summed E-state index contributed by atoms with van der Waals surface area (Å²) in [5.74, 6) is 0.734. The molecule has 1 aliphatic rings. The van der Waals surface area contributed by atoms with E-state index in [1.54, 1.807) is 6.92 Å². The molecule has 15 heavy (non-hydrogen) atoms. The van der Waals surface area contributed by atoms with Crippen molar-refractivity contribution < 1.29 is 4.79 Å². The Kier molecular flexibility index (Phi) is 5.05. The lowest BCUT2D eigenvalue weighted by atomic mass is 9.94. The lowest BCUT2D eigenvalue weighted by Crippen LogP contribution is -2.39. The van der Waals surface area contributed by atoms with E-state index in [2.05, 4.69) is 17.3 Å². The number of nitrogens with zero attached hydrogens (tertiary/aromatic N) is 1.